The van der Waals surface area contributed by atoms with Crippen LogP contribution < -0.4 is 11.5 Å². The summed E-state index contributed by atoms with van der Waals surface area (Å²) < 4.78 is 0. The lowest BCUT2D eigenvalue weighted by Crippen LogP contribution is -2.20. The zero-order chi connectivity index (χ0) is 13.0. The number of phenols is 1. The van der Waals surface area contributed by atoms with Gasteiger partial charge in [0.1, 0.15) is 11.8 Å². The minimum absolute atomic E-state index is 0.00395. The van der Waals surface area contributed by atoms with Crippen molar-refractivity contribution in [3.63, 3.8) is 0 Å². The minimum Gasteiger partial charge on any atom is -0.507 e. The molecule has 0 fully saturated rings. The largest absolute Gasteiger partial charge is 0.507 e. The first-order chi connectivity index (χ1) is 7.91. The summed E-state index contributed by atoms with van der Waals surface area (Å²) in [4.78, 5) is 14.4. The molecule has 92 valence electrons. The van der Waals surface area contributed by atoms with E-state index in [0.29, 0.717) is 11.1 Å². The average Bonchev–Trinajstić information content (AvgIpc) is 2.26. The Labute approximate surface area is 98.6 Å². The highest BCUT2D eigenvalue weighted by Gasteiger charge is 2.08. The van der Waals surface area contributed by atoms with Gasteiger partial charge in [0.05, 0.1) is 6.17 Å². The van der Waals surface area contributed by atoms with Crippen LogP contribution in [-0.4, -0.2) is 28.4 Å². The van der Waals surface area contributed by atoms with Gasteiger partial charge in [0, 0.05) is 11.8 Å². The van der Waals surface area contributed by atoms with Crippen molar-refractivity contribution in [2.24, 2.45) is 16.5 Å². The molecule has 17 heavy (non-hydrogen) atoms. The molecule has 0 bridgehead atoms. The number of nitrogens with zero attached hydrogens (tertiary/aromatic N) is 1. The van der Waals surface area contributed by atoms with Gasteiger partial charge < -0.3 is 21.7 Å². The van der Waals surface area contributed by atoms with Gasteiger partial charge in [-0.1, -0.05) is 6.07 Å². The highest BCUT2D eigenvalue weighted by atomic mass is 16.4. The quantitative estimate of drug-likeness (QED) is 0.440. The van der Waals surface area contributed by atoms with Crippen LogP contribution in [0.1, 0.15) is 24.2 Å². The van der Waals surface area contributed by atoms with E-state index >= 15 is 0 Å². The highest BCUT2D eigenvalue weighted by molar-refractivity contribution is 5.86. The zero-order valence-corrected chi connectivity index (χ0v) is 9.37. The van der Waals surface area contributed by atoms with E-state index in [9.17, 15) is 9.90 Å². The van der Waals surface area contributed by atoms with E-state index in [-0.39, 0.29) is 5.75 Å². The van der Waals surface area contributed by atoms with Gasteiger partial charge in [0.15, 0.2) is 0 Å². The van der Waals surface area contributed by atoms with E-state index in [4.69, 9.17) is 16.6 Å². The third-order valence-corrected chi connectivity index (χ3v) is 2.23. The Hall–Kier alpha value is -1.92. The summed E-state index contributed by atoms with van der Waals surface area (Å²) >= 11 is 0. The number of aliphatic imine (C=N–C) groups is 1. The number of carboxylic acids is 1. The Morgan fingerprint density at radius 2 is 2.12 bits per heavy atom. The molecule has 0 heterocycles. The summed E-state index contributed by atoms with van der Waals surface area (Å²) in [5.41, 5.74) is 12.0. The predicted molar refractivity (Wildman–Crippen MR) is 63.9 cm³/mol. The fourth-order valence-corrected chi connectivity index (χ4v) is 1.14. The lowest BCUT2D eigenvalue weighted by atomic mass is 10.1. The zero-order valence-electron chi connectivity index (χ0n) is 9.37. The molecule has 0 aliphatic carbocycles. The number of rotatable bonds is 4. The van der Waals surface area contributed by atoms with Crippen LogP contribution in [-0.2, 0) is 4.79 Å². The topological polar surface area (TPSA) is 122 Å². The maximum absolute atomic E-state index is 10.6. The average molecular weight is 237 g/mol. The summed E-state index contributed by atoms with van der Waals surface area (Å²) in [6, 6.07) is 3.73. The third kappa shape index (κ3) is 3.54. The standard InChI is InChI=1S/C11H15N3O3/c1-6(11(16)17)14-5-8-4-7(10(12)13)2-3-9(8)15/h2-6,10,15H,12-13H2,1H3,(H,16,17). The molecule has 0 radical (unpaired) electrons. The Kier molecular flexibility index (Phi) is 4.19. The monoisotopic (exact) mass is 237 g/mol. The van der Waals surface area contributed by atoms with Crippen molar-refractivity contribution < 1.29 is 15.0 Å². The SMILES string of the molecule is CC(N=Cc1cc(C(N)N)ccc1O)C(=O)O. The van der Waals surface area contributed by atoms with E-state index in [1.807, 2.05) is 0 Å². The summed E-state index contributed by atoms with van der Waals surface area (Å²) in [7, 11) is 0. The van der Waals surface area contributed by atoms with E-state index < -0.39 is 18.2 Å². The molecule has 1 rings (SSSR count). The Morgan fingerprint density at radius 1 is 1.47 bits per heavy atom. The number of hydrogen-bond acceptors (Lipinski definition) is 5. The summed E-state index contributed by atoms with van der Waals surface area (Å²) in [5.74, 6) is -1.04. The molecule has 0 saturated carbocycles. The Balaban J connectivity index is 2.97. The number of carbonyl (C=O) groups is 1. The van der Waals surface area contributed by atoms with E-state index in [0.717, 1.165) is 0 Å². The van der Waals surface area contributed by atoms with Gasteiger partial charge in [0.25, 0.3) is 0 Å². The van der Waals surface area contributed by atoms with Gasteiger partial charge >= 0.3 is 5.97 Å². The highest BCUT2D eigenvalue weighted by Crippen LogP contribution is 2.18. The number of carboxylic acid groups (broad SMARTS) is 1. The second-order valence-corrected chi connectivity index (χ2v) is 3.64. The van der Waals surface area contributed by atoms with Crippen LogP contribution in [0.2, 0.25) is 0 Å². The molecule has 0 amide bonds. The predicted octanol–water partition coefficient (Wildman–Crippen LogP) is 0.200. The van der Waals surface area contributed by atoms with Crippen LogP contribution >= 0.6 is 0 Å². The van der Waals surface area contributed by atoms with E-state index in [2.05, 4.69) is 4.99 Å². The molecule has 0 aromatic heterocycles. The minimum atomic E-state index is -1.03. The molecule has 6 N–H and O–H groups in total. The van der Waals surface area contributed by atoms with E-state index in [1.54, 1.807) is 12.1 Å². The summed E-state index contributed by atoms with van der Waals surface area (Å²) in [6.07, 6.45) is 0.639. The van der Waals surface area contributed by atoms with Gasteiger partial charge in [0.2, 0.25) is 0 Å². The molecule has 6 heteroatoms. The Morgan fingerprint density at radius 3 is 2.65 bits per heavy atom. The maximum Gasteiger partial charge on any atom is 0.328 e. The van der Waals surface area contributed by atoms with Crippen molar-refractivity contribution in [1.29, 1.82) is 0 Å². The van der Waals surface area contributed by atoms with Gasteiger partial charge in [-0.3, -0.25) is 4.99 Å². The number of benzene rings is 1. The van der Waals surface area contributed by atoms with Crippen LogP contribution in [0.15, 0.2) is 23.2 Å². The van der Waals surface area contributed by atoms with Crippen LogP contribution in [0.4, 0.5) is 0 Å². The molecule has 1 aromatic rings. The molecule has 0 saturated heterocycles. The molecular formula is C11H15N3O3. The number of nitrogens with two attached hydrogens (primary N) is 2. The van der Waals surface area contributed by atoms with Gasteiger partial charge in [-0.25, -0.2) is 4.79 Å². The lowest BCUT2D eigenvalue weighted by molar-refractivity contribution is -0.137. The smallest absolute Gasteiger partial charge is 0.328 e. The lowest BCUT2D eigenvalue weighted by Gasteiger charge is -2.07. The molecule has 0 aliphatic rings. The molecule has 1 atom stereocenters. The van der Waals surface area contributed by atoms with Crippen LogP contribution in [0.3, 0.4) is 0 Å². The Bertz CT molecular complexity index is 444. The van der Waals surface area contributed by atoms with Crippen molar-refractivity contribution in [3.8, 4) is 5.75 Å². The van der Waals surface area contributed by atoms with Crippen LogP contribution in [0.25, 0.3) is 0 Å². The van der Waals surface area contributed by atoms with Crippen molar-refractivity contribution in [2.45, 2.75) is 19.1 Å². The molecule has 0 aliphatic heterocycles. The summed E-state index contributed by atoms with van der Waals surface area (Å²) in [6.45, 7) is 1.44. The van der Waals surface area contributed by atoms with Crippen molar-refractivity contribution in [2.75, 3.05) is 0 Å². The molecule has 6 nitrogen and oxygen atoms in total. The second kappa shape index (κ2) is 5.42. The van der Waals surface area contributed by atoms with Gasteiger partial charge in [-0.05, 0) is 24.6 Å². The molecular weight excluding hydrogens is 222 g/mol. The second-order valence-electron chi connectivity index (χ2n) is 3.64. The van der Waals surface area contributed by atoms with Crippen LogP contribution in [0.5, 0.6) is 5.75 Å². The van der Waals surface area contributed by atoms with Crippen LogP contribution in [0, 0.1) is 0 Å². The van der Waals surface area contributed by atoms with Gasteiger partial charge in [-0.2, -0.15) is 0 Å². The van der Waals surface area contributed by atoms with E-state index in [1.165, 1.54) is 19.2 Å². The molecule has 1 aromatic carbocycles. The number of aromatic hydroxyl groups is 1. The first kappa shape index (κ1) is 13.1. The third-order valence-electron chi connectivity index (χ3n) is 2.23. The van der Waals surface area contributed by atoms with Gasteiger partial charge in [-0.15, -0.1) is 0 Å². The van der Waals surface area contributed by atoms with Crippen molar-refractivity contribution in [3.05, 3.63) is 29.3 Å². The molecule has 0 spiro atoms. The number of phenolic OH excluding ortho intramolecular Hbond substituents is 1. The normalized spacial score (nSPS) is 13.2. The fourth-order valence-electron chi connectivity index (χ4n) is 1.14. The maximum atomic E-state index is 10.6. The first-order valence-electron chi connectivity index (χ1n) is 5.02. The van der Waals surface area contributed by atoms with Crippen molar-refractivity contribution >= 4 is 12.2 Å². The fraction of sp³-hybridized carbons (Fsp3) is 0.273. The molecule has 1 unspecified atom stereocenters. The first-order valence-corrected chi connectivity index (χ1v) is 5.02. The number of hydrogen-bond donors (Lipinski definition) is 4. The number of aliphatic carboxylic acids is 1. The summed E-state index contributed by atoms with van der Waals surface area (Å²) in [5, 5.41) is 18.2. The van der Waals surface area contributed by atoms with Crippen molar-refractivity contribution in [1.82, 2.24) is 0 Å².